The van der Waals surface area contributed by atoms with E-state index in [9.17, 15) is 4.79 Å². The predicted octanol–water partition coefficient (Wildman–Crippen LogP) is 1.97. The van der Waals surface area contributed by atoms with E-state index in [1.165, 1.54) is 32.1 Å². The average molecular weight is 267 g/mol. The van der Waals surface area contributed by atoms with E-state index in [1.54, 1.807) is 0 Å². The zero-order valence-corrected chi connectivity index (χ0v) is 11.7. The maximum absolute atomic E-state index is 12.3. The van der Waals surface area contributed by atoms with Crippen LogP contribution in [-0.4, -0.2) is 49.3 Å². The van der Waals surface area contributed by atoms with Crippen LogP contribution in [0.1, 0.15) is 44.9 Å². The Hall–Kier alpha value is -0.610. The second-order valence-electron chi connectivity index (χ2n) is 6.25. The highest BCUT2D eigenvalue weighted by Gasteiger charge is 2.32. The molecule has 0 spiro atoms. The Kier molecular flexibility index (Phi) is 4.38. The van der Waals surface area contributed by atoms with Crippen molar-refractivity contribution in [1.29, 1.82) is 0 Å². The quantitative estimate of drug-likeness (QED) is 0.663. The number of amides is 1. The van der Waals surface area contributed by atoms with Crippen molar-refractivity contribution in [3.63, 3.8) is 0 Å². The molecule has 1 amide bonds. The molecule has 2 aliphatic heterocycles. The Morgan fingerprint density at radius 2 is 1.58 bits per heavy atom. The molecule has 0 aromatic heterocycles. The average Bonchev–Trinajstić information content (AvgIpc) is 3.31. The van der Waals surface area contributed by atoms with Crippen LogP contribution in [0.3, 0.4) is 0 Å². The van der Waals surface area contributed by atoms with Crippen molar-refractivity contribution in [1.82, 2.24) is 4.90 Å². The molecule has 1 saturated carbocycles. The molecule has 0 N–H and O–H groups in total. The van der Waals surface area contributed by atoms with Gasteiger partial charge in [0, 0.05) is 19.5 Å². The standard InChI is InChI=1S/C15H25NO3/c17-15(7-6-12-4-2-1-3-5-12)16(8-13-10-18-13)9-14-11-19-14/h12-14H,1-11H2. The molecule has 108 valence electrons. The fourth-order valence-electron chi connectivity index (χ4n) is 3.08. The number of carbonyl (C=O) groups excluding carboxylic acids is 1. The lowest BCUT2D eigenvalue weighted by atomic mass is 9.86. The summed E-state index contributed by atoms with van der Waals surface area (Å²) in [7, 11) is 0. The summed E-state index contributed by atoms with van der Waals surface area (Å²) in [5.41, 5.74) is 0. The third-order valence-corrected chi connectivity index (χ3v) is 4.50. The molecule has 0 bridgehead atoms. The zero-order chi connectivity index (χ0) is 13.1. The maximum atomic E-state index is 12.3. The Morgan fingerprint density at radius 3 is 2.11 bits per heavy atom. The van der Waals surface area contributed by atoms with Gasteiger partial charge in [-0.2, -0.15) is 0 Å². The molecule has 0 radical (unpaired) electrons. The van der Waals surface area contributed by atoms with Crippen LogP contribution in [0.15, 0.2) is 0 Å². The van der Waals surface area contributed by atoms with E-state index in [-0.39, 0.29) is 12.2 Å². The molecule has 4 heteroatoms. The molecule has 3 fully saturated rings. The normalized spacial score (nSPS) is 30.1. The van der Waals surface area contributed by atoms with Gasteiger partial charge in [-0.15, -0.1) is 0 Å². The summed E-state index contributed by atoms with van der Waals surface area (Å²) in [6, 6.07) is 0. The summed E-state index contributed by atoms with van der Waals surface area (Å²) in [5.74, 6) is 1.09. The van der Waals surface area contributed by atoms with Gasteiger partial charge in [-0.05, 0) is 12.3 Å². The number of ether oxygens (including phenoxy) is 2. The lowest BCUT2D eigenvalue weighted by molar-refractivity contribution is -0.132. The predicted molar refractivity (Wildman–Crippen MR) is 71.9 cm³/mol. The second kappa shape index (κ2) is 6.23. The topological polar surface area (TPSA) is 45.4 Å². The molecule has 0 aromatic rings. The largest absolute Gasteiger partial charge is 0.371 e. The van der Waals surface area contributed by atoms with Gasteiger partial charge in [0.05, 0.1) is 25.4 Å². The van der Waals surface area contributed by atoms with Crippen molar-refractivity contribution in [2.75, 3.05) is 26.3 Å². The van der Waals surface area contributed by atoms with Gasteiger partial charge < -0.3 is 14.4 Å². The Balaban J connectivity index is 1.42. The molecule has 2 atom stereocenters. The molecule has 19 heavy (non-hydrogen) atoms. The fourth-order valence-corrected chi connectivity index (χ4v) is 3.08. The van der Waals surface area contributed by atoms with E-state index in [0.717, 1.165) is 38.6 Å². The lowest BCUT2D eigenvalue weighted by Crippen LogP contribution is -2.37. The fraction of sp³-hybridized carbons (Fsp3) is 0.933. The number of carbonyl (C=O) groups is 1. The second-order valence-corrected chi connectivity index (χ2v) is 6.25. The maximum Gasteiger partial charge on any atom is 0.222 e. The third kappa shape index (κ3) is 4.46. The van der Waals surface area contributed by atoms with Crippen LogP contribution in [0.2, 0.25) is 0 Å². The van der Waals surface area contributed by atoms with E-state index in [2.05, 4.69) is 0 Å². The number of hydrogen-bond donors (Lipinski definition) is 0. The van der Waals surface area contributed by atoms with Crippen LogP contribution >= 0.6 is 0 Å². The monoisotopic (exact) mass is 267 g/mol. The minimum absolute atomic E-state index is 0.289. The summed E-state index contributed by atoms with van der Waals surface area (Å²) in [4.78, 5) is 14.3. The Morgan fingerprint density at radius 1 is 1.00 bits per heavy atom. The van der Waals surface area contributed by atoms with Gasteiger partial charge in [0.2, 0.25) is 5.91 Å². The van der Waals surface area contributed by atoms with E-state index >= 15 is 0 Å². The van der Waals surface area contributed by atoms with E-state index in [0.29, 0.717) is 12.3 Å². The molecule has 3 rings (SSSR count). The number of nitrogens with zero attached hydrogens (tertiary/aromatic N) is 1. The molecule has 2 heterocycles. The zero-order valence-electron chi connectivity index (χ0n) is 11.7. The summed E-state index contributed by atoms with van der Waals surface area (Å²) in [6.07, 6.45) is 9.11. The summed E-state index contributed by atoms with van der Waals surface area (Å²) in [5, 5.41) is 0. The first-order valence-corrected chi connectivity index (χ1v) is 7.82. The van der Waals surface area contributed by atoms with Crippen LogP contribution in [-0.2, 0) is 14.3 Å². The first-order chi connectivity index (χ1) is 9.31. The first-order valence-electron chi connectivity index (χ1n) is 7.82. The van der Waals surface area contributed by atoms with Crippen molar-refractivity contribution < 1.29 is 14.3 Å². The summed E-state index contributed by atoms with van der Waals surface area (Å²) >= 11 is 0. The molecule has 2 saturated heterocycles. The number of epoxide rings is 2. The van der Waals surface area contributed by atoms with Gasteiger partial charge in [-0.3, -0.25) is 4.79 Å². The summed E-state index contributed by atoms with van der Waals surface area (Å²) in [6.45, 7) is 3.17. The smallest absolute Gasteiger partial charge is 0.222 e. The highest BCUT2D eigenvalue weighted by Crippen LogP contribution is 2.27. The van der Waals surface area contributed by atoms with Crippen molar-refractivity contribution in [3.8, 4) is 0 Å². The van der Waals surface area contributed by atoms with Gasteiger partial charge in [0.25, 0.3) is 0 Å². The van der Waals surface area contributed by atoms with Crippen LogP contribution in [0.25, 0.3) is 0 Å². The van der Waals surface area contributed by atoms with Gasteiger partial charge in [-0.25, -0.2) is 0 Å². The van der Waals surface area contributed by atoms with E-state index < -0.39 is 0 Å². The SMILES string of the molecule is O=C(CCC1CCCCC1)N(CC1CO1)CC1CO1. The minimum atomic E-state index is 0.289. The van der Waals surface area contributed by atoms with Crippen LogP contribution in [0.5, 0.6) is 0 Å². The first kappa shape index (κ1) is 13.4. The molecule has 1 aliphatic carbocycles. The van der Waals surface area contributed by atoms with Crippen LogP contribution in [0, 0.1) is 5.92 Å². The molecule has 0 aromatic carbocycles. The lowest BCUT2D eigenvalue weighted by Gasteiger charge is -2.24. The highest BCUT2D eigenvalue weighted by molar-refractivity contribution is 5.76. The van der Waals surface area contributed by atoms with Crippen molar-refractivity contribution in [2.24, 2.45) is 5.92 Å². The molecular formula is C15H25NO3. The Bertz CT molecular complexity index is 293. The van der Waals surface area contributed by atoms with Crippen LogP contribution < -0.4 is 0 Å². The number of hydrogen-bond acceptors (Lipinski definition) is 3. The van der Waals surface area contributed by atoms with Gasteiger partial charge in [0.1, 0.15) is 0 Å². The summed E-state index contributed by atoms with van der Waals surface area (Å²) < 4.78 is 10.5. The van der Waals surface area contributed by atoms with Gasteiger partial charge >= 0.3 is 0 Å². The van der Waals surface area contributed by atoms with Crippen LogP contribution in [0.4, 0.5) is 0 Å². The van der Waals surface area contributed by atoms with Gasteiger partial charge in [0.15, 0.2) is 0 Å². The Labute approximate surface area is 115 Å². The van der Waals surface area contributed by atoms with Crippen molar-refractivity contribution >= 4 is 5.91 Å². The molecular weight excluding hydrogens is 242 g/mol. The van der Waals surface area contributed by atoms with Gasteiger partial charge in [-0.1, -0.05) is 32.1 Å². The van der Waals surface area contributed by atoms with Crippen molar-refractivity contribution in [3.05, 3.63) is 0 Å². The number of rotatable bonds is 7. The van der Waals surface area contributed by atoms with E-state index in [1.807, 2.05) is 4.90 Å². The third-order valence-electron chi connectivity index (χ3n) is 4.50. The van der Waals surface area contributed by atoms with E-state index in [4.69, 9.17) is 9.47 Å². The minimum Gasteiger partial charge on any atom is -0.371 e. The van der Waals surface area contributed by atoms with Crippen molar-refractivity contribution in [2.45, 2.75) is 57.2 Å². The molecule has 2 unspecified atom stereocenters. The highest BCUT2D eigenvalue weighted by atomic mass is 16.6. The molecule has 3 aliphatic rings. The molecule has 4 nitrogen and oxygen atoms in total.